The van der Waals surface area contributed by atoms with Gasteiger partial charge in [-0.2, -0.15) is 5.10 Å². The fraction of sp³-hybridized carbons (Fsp3) is 0.261. The topological polar surface area (TPSA) is 43.6 Å². The summed E-state index contributed by atoms with van der Waals surface area (Å²) in [5, 5.41) is 17.7. The minimum atomic E-state index is 0.534. The van der Waals surface area contributed by atoms with E-state index in [0.717, 1.165) is 44.6 Å². The van der Waals surface area contributed by atoms with E-state index in [1.807, 2.05) is 41.1 Å². The van der Waals surface area contributed by atoms with E-state index in [2.05, 4.69) is 17.1 Å². The summed E-state index contributed by atoms with van der Waals surface area (Å²) in [5.74, 6) is 0.542. The zero-order valence-corrected chi connectivity index (χ0v) is 19.9. The van der Waals surface area contributed by atoms with Gasteiger partial charge in [-0.1, -0.05) is 71.6 Å². The molecule has 0 N–H and O–H groups in total. The van der Waals surface area contributed by atoms with Crippen molar-refractivity contribution in [3.05, 3.63) is 68.1 Å². The molecule has 158 valence electrons. The van der Waals surface area contributed by atoms with E-state index in [0.29, 0.717) is 21.0 Å². The highest BCUT2D eigenvalue weighted by molar-refractivity contribution is 7.14. The zero-order chi connectivity index (χ0) is 21.5. The Bertz CT molecular complexity index is 1240. The van der Waals surface area contributed by atoms with Gasteiger partial charge in [-0.3, -0.25) is 0 Å². The van der Waals surface area contributed by atoms with Crippen LogP contribution in [0.25, 0.3) is 27.6 Å². The molecule has 5 rings (SSSR count). The zero-order valence-electron chi connectivity index (χ0n) is 16.8. The Labute approximate surface area is 199 Å². The Balaban J connectivity index is 1.72. The van der Waals surface area contributed by atoms with Crippen LogP contribution in [0.3, 0.4) is 0 Å². The predicted molar refractivity (Wildman–Crippen MR) is 129 cm³/mol. The third-order valence-electron chi connectivity index (χ3n) is 5.69. The summed E-state index contributed by atoms with van der Waals surface area (Å²) < 4.78 is 1.89. The number of halogens is 3. The number of rotatable bonds is 5. The molecule has 1 aliphatic rings. The number of hydrogen-bond acceptors (Lipinski definition) is 4. The van der Waals surface area contributed by atoms with Crippen molar-refractivity contribution in [2.75, 3.05) is 0 Å². The molecule has 0 bridgehead atoms. The van der Waals surface area contributed by atoms with Gasteiger partial charge < -0.3 is 0 Å². The van der Waals surface area contributed by atoms with Gasteiger partial charge in [0, 0.05) is 27.1 Å². The molecule has 31 heavy (non-hydrogen) atoms. The molecule has 8 heteroatoms. The van der Waals surface area contributed by atoms with Crippen LogP contribution < -0.4 is 0 Å². The third-order valence-corrected chi connectivity index (χ3v) is 7.57. The smallest absolute Gasteiger partial charge is 0.168 e. The van der Waals surface area contributed by atoms with Crippen molar-refractivity contribution in [3.8, 4) is 27.6 Å². The van der Waals surface area contributed by atoms with Crippen LogP contribution in [0.4, 0.5) is 0 Å². The minimum Gasteiger partial charge on any atom is -0.231 e. The highest BCUT2D eigenvalue weighted by atomic mass is 35.5. The third kappa shape index (κ3) is 3.89. The van der Waals surface area contributed by atoms with Crippen molar-refractivity contribution >= 4 is 46.1 Å². The van der Waals surface area contributed by atoms with Gasteiger partial charge in [0.15, 0.2) is 5.01 Å². The summed E-state index contributed by atoms with van der Waals surface area (Å²) in [6, 6.07) is 13.2. The van der Waals surface area contributed by atoms with Crippen LogP contribution in [0.5, 0.6) is 0 Å². The maximum atomic E-state index is 6.58. The summed E-state index contributed by atoms with van der Waals surface area (Å²) in [7, 11) is 0. The van der Waals surface area contributed by atoms with Gasteiger partial charge in [-0.25, -0.2) is 4.68 Å². The summed E-state index contributed by atoms with van der Waals surface area (Å²) in [5.41, 5.74) is 4.69. The molecule has 0 aliphatic heterocycles. The van der Waals surface area contributed by atoms with E-state index < -0.39 is 0 Å². The molecule has 2 heterocycles. The largest absolute Gasteiger partial charge is 0.231 e. The van der Waals surface area contributed by atoms with Crippen LogP contribution in [0.2, 0.25) is 15.1 Å². The predicted octanol–water partition coefficient (Wildman–Crippen LogP) is 7.85. The Kier molecular flexibility index (Phi) is 5.78. The Morgan fingerprint density at radius 3 is 2.39 bits per heavy atom. The molecule has 4 nitrogen and oxygen atoms in total. The lowest BCUT2D eigenvalue weighted by Gasteiger charge is -2.21. The SMILES string of the molecule is CCc1c(-c2nnc(C3CCC3)s2)nn(-c2ccc(Cl)cc2Cl)c1-c1ccc(Cl)cc1. The quantitative estimate of drug-likeness (QED) is 0.287. The lowest BCUT2D eigenvalue weighted by Crippen LogP contribution is -2.07. The molecular formula is C23H19Cl3N4S. The van der Waals surface area contributed by atoms with Crippen molar-refractivity contribution in [1.29, 1.82) is 0 Å². The fourth-order valence-electron chi connectivity index (χ4n) is 3.84. The molecule has 1 aliphatic carbocycles. The van der Waals surface area contributed by atoms with Crippen molar-refractivity contribution in [2.24, 2.45) is 0 Å². The second-order valence-corrected chi connectivity index (χ2v) is 9.91. The van der Waals surface area contributed by atoms with Gasteiger partial charge >= 0.3 is 0 Å². The molecular weight excluding hydrogens is 471 g/mol. The second-order valence-electron chi connectivity index (χ2n) is 7.62. The molecule has 1 saturated carbocycles. The first-order valence-corrected chi connectivity index (χ1v) is 12.2. The molecule has 2 aromatic heterocycles. The van der Waals surface area contributed by atoms with Crippen LogP contribution in [0.1, 0.15) is 42.7 Å². The normalized spacial score (nSPS) is 14.1. The average Bonchev–Trinajstić information content (AvgIpc) is 3.32. The van der Waals surface area contributed by atoms with Crippen LogP contribution >= 0.6 is 46.1 Å². The van der Waals surface area contributed by atoms with E-state index in [1.165, 1.54) is 19.3 Å². The summed E-state index contributed by atoms with van der Waals surface area (Å²) >= 11 is 20.5. The van der Waals surface area contributed by atoms with Gasteiger partial charge in [0.2, 0.25) is 0 Å². The number of benzene rings is 2. The highest BCUT2D eigenvalue weighted by Gasteiger charge is 2.27. The van der Waals surface area contributed by atoms with Gasteiger partial charge in [0.25, 0.3) is 0 Å². The van der Waals surface area contributed by atoms with E-state index in [-0.39, 0.29) is 0 Å². The van der Waals surface area contributed by atoms with Gasteiger partial charge in [0.05, 0.1) is 16.4 Å². The van der Waals surface area contributed by atoms with Crippen molar-refractivity contribution in [1.82, 2.24) is 20.0 Å². The molecule has 0 unspecified atom stereocenters. The number of aromatic nitrogens is 4. The fourth-order valence-corrected chi connectivity index (χ4v) is 5.48. The van der Waals surface area contributed by atoms with Crippen LogP contribution in [0.15, 0.2) is 42.5 Å². The Morgan fingerprint density at radius 2 is 1.74 bits per heavy atom. The van der Waals surface area contributed by atoms with Gasteiger partial charge in [-0.15, -0.1) is 10.2 Å². The van der Waals surface area contributed by atoms with Crippen LogP contribution in [-0.4, -0.2) is 20.0 Å². The lowest BCUT2D eigenvalue weighted by atomic mass is 9.86. The summed E-state index contributed by atoms with van der Waals surface area (Å²) in [6.45, 7) is 2.13. The van der Waals surface area contributed by atoms with Crippen LogP contribution in [0, 0.1) is 0 Å². The van der Waals surface area contributed by atoms with E-state index >= 15 is 0 Å². The second kappa shape index (κ2) is 8.55. The first-order valence-electron chi connectivity index (χ1n) is 10.2. The van der Waals surface area contributed by atoms with Gasteiger partial charge in [-0.05, 0) is 49.6 Å². The highest BCUT2D eigenvalue weighted by Crippen LogP contribution is 2.42. The minimum absolute atomic E-state index is 0.534. The molecule has 0 spiro atoms. The van der Waals surface area contributed by atoms with Crippen LogP contribution in [-0.2, 0) is 6.42 Å². The summed E-state index contributed by atoms with van der Waals surface area (Å²) in [6.07, 6.45) is 4.45. The van der Waals surface area contributed by atoms with Crippen molar-refractivity contribution in [3.63, 3.8) is 0 Å². The maximum Gasteiger partial charge on any atom is 0.168 e. The number of hydrogen-bond donors (Lipinski definition) is 0. The standard InChI is InChI=1S/C23H19Cl3N4S/c1-2-17-20(23-28-27-22(31-23)14-4-3-5-14)29-30(19-11-10-16(25)12-18(19)26)21(17)13-6-8-15(24)9-7-13/h6-12,14H,2-5H2,1H3. The number of nitrogens with zero attached hydrogens (tertiary/aromatic N) is 4. The molecule has 0 amide bonds. The Hall–Kier alpha value is -1.92. The molecule has 0 radical (unpaired) electrons. The first-order chi connectivity index (χ1) is 15.0. The average molecular weight is 490 g/mol. The summed E-state index contributed by atoms with van der Waals surface area (Å²) in [4.78, 5) is 0. The monoisotopic (exact) mass is 488 g/mol. The van der Waals surface area contributed by atoms with Gasteiger partial charge in [0.1, 0.15) is 10.7 Å². The maximum absolute atomic E-state index is 6.58. The molecule has 0 atom stereocenters. The molecule has 0 saturated heterocycles. The van der Waals surface area contributed by atoms with E-state index in [1.54, 1.807) is 17.4 Å². The lowest BCUT2D eigenvalue weighted by molar-refractivity contribution is 0.416. The van der Waals surface area contributed by atoms with Crippen molar-refractivity contribution < 1.29 is 0 Å². The van der Waals surface area contributed by atoms with Crippen molar-refractivity contribution in [2.45, 2.75) is 38.5 Å². The van der Waals surface area contributed by atoms with E-state index in [9.17, 15) is 0 Å². The molecule has 1 fully saturated rings. The first kappa shape index (κ1) is 21.0. The molecule has 4 aromatic rings. The van der Waals surface area contributed by atoms with E-state index in [4.69, 9.17) is 39.9 Å². The molecule has 2 aromatic carbocycles. The Morgan fingerprint density at radius 1 is 1.00 bits per heavy atom.